The Morgan fingerprint density at radius 2 is 1.96 bits per heavy atom. The number of amides is 1. The van der Waals surface area contributed by atoms with Crippen LogP contribution in [-0.2, 0) is 14.3 Å². The molecule has 1 aliphatic carbocycles. The van der Waals surface area contributed by atoms with Crippen LogP contribution in [0.2, 0.25) is 0 Å². The molecule has 2 unspecified atom stereocenters. The van der Waals surface area contributed by atoms with E-state index in [2.05, 4.69) is 22.5 Å². The molecule has 0 bridgehead atoms. The highest BCUT2D eigenvalue weighted by Crippen LogP contribution is 2.30. The Bertz CT molecular complexity index is 464. The molecule has 1 heterocycles. The topological polar surface area (TPSA) is 75.2 Å². The van der Waals surface area contributed by atoms with E-state index >= 15 is 0 Å². The molecule has 7 nitrogen and oxygen atoms in total. The van der Waals surface area contributed by atoms with E-state index in [-0.39, 0.29) is 42.5 Å². The number of carbonyl (C=O) groups excluding carboxylic acids is 1. The number of nitrogens with zero attached hydrogens (tertiary/aromatic N) is 2. The normalized spacial score (nSPS) is 21.2. The van der Waals surface area contributed by atoms with Crippen LogP contribution in [0.5, 0.6) is 0 Å². The number of aliphatic imine (C=N–C) groups is 1. The SMILES string of the molecule is CCOC(CCNC(=NCC(=O)N(C)C)NCC1CCCO1)C1CCCC1.I. The summed E-state index contributed by atoms with van der Waals surface area (Å²) in [7, 11) is 3.50. The summed E-state index contributed by atoms with van der Waals surface area (Å²) >= 11 is 0. The molecule has 2 aliphatic rings. The van der Waals surface area contributed by atoms with Gasteiger partial charge in [0.25, 0.3) is 0 Å². The lowest BCUT2D eigenvalue weighted by Gasteiger charge is -2.24. The molecule has 0 aromatic heterocycles. The number of carbonyl (C=O) groups is 1. The zero-order chi connectivity index (χ0) is 19.5. The molecule has 0 radical (unpaired) electrons. The molecule has 0 spiro atoms. The smallest absolute Gasteiger partial charge is 0.243 e. The summed E-state index contributed by atoms with van der Waals surface area (Å²) in [6.07, 6.45) is 8.90. The Labute approximate surface area is 187 Å². The lowest BCUT2D eigenvalue weighted by Crippen LogP contribution is -2.43. The molecule has 1 saturated heterocycles. The maximum atomic E-state index is 11.9. The fourth-order valence-corrected chi connectivity index (χ4v) is 3.81. The Kier molecular flexibility index (Phi) is 13.1. The molecule has 28 heavy (non-hydrogen) atoms. The Balaban J connectivity index is 0.00000392. The lowest BCUT2D eigenvalue weighted by atomic mass is 9.98. The number of likely N-dealkylation sites (N-methyl/N-ethyl adjacent to an activating group) is 1. The molecule has 0 aromatic rings. The van der Waals surface area contributed by atoms with E-state index in [9.17, 15) is 4.79 Å². The summed E-state index contributed by atoms with van der Waals surface area (Å²) in [4.78, 5) is 17.9. The van der Waals surface area contributed by atoms with Gasteiger partial charge in [-0.05, 0) is 44.9 Å². The molecule has 0 aromatic carbocycles. The predicted molar refractivity (Wildman–Crippen MR) is 123 cm³/mol. The largest absolute Gasteiger partial charge is 0.378 e. The van der Waals surface area contributed by atoms with Crippen LogP contribution in [0.25, 0.3) is 0 Å². The summed E-state index contributed by atoms with van der Waals surface area (Å²) in [6, 6.07) is 0. The number of hydrogen-bond acceptors (Lipinski definition) is 4. The van der Waals surface area contributed by atoms with Crippen LogP contribution >= 0.6 is 24.0 Å². The van der Waals surface area contributed by atoms with Gasteiger partial charge >= 0.3 is 0 Å². The first-order valence-corrected chi connectivity index (χ1v) is 10.6. The molecule has 2 N–H and O–H groups in total. The Hall–Kier alpha value is -0.610. The first-order chi connectivity index (χ1) is 13.1. The number of ether oxygens (including phenoxy) is 2. The van der Waals surface area contributed by atoms with Gasteiger partial charge in [-0.1, -0.05) is 12.8 Å². The third-order valence-corrected chi connectivity index (χ3v) is 5.42. The van der Waals surface area contributed by atoms with Gasteiger partial charge in [0, 0.05) is 40.4 Å². The van der Waals surface area contributed by atoms with Gasteiger partial charge in [0.2, 0.25) is 5.91 Å². The van der Waals surface area contributed by atoms with Gasteiger partial charge in [0.1, 0.15) is 6.54 Å². The maximum Gasteiger partial charge on any atom is 0.243 e. The summed E-state index contributed by atoms with van der Waals surface area (Å²) in [5.74, 6) is 1.36. The van der Waals surface area contributed by atoms with E-state index in [1.807, 2.05) is 0 Å². The monoisotopic (exact) mass is 510 g/mol. The molecule has 1 aliphatic heterocycles. The minimum absolute atomic E-state index is 0. The van der Waals surface area contributed by atoms with Crippen molar-refractivity contribution in [1.82, 2.24) is 15.5 Å². The van der Waals surface area contributed by atoms with E-state index in [0.29, 0.717) is 18.0 Å². The molecule has 164 valence electrons. The van der Waals surface area contributed by atoms with Crippen molar-refractivity contribution in [1.29, 1.82) is 0 Å². The van der Waals surface area contributed by atoms with Crippen molar-refractivity contribution in [2.24, 2.45) is 10.9 Å². The standard InChI is InChI=1S/C20H38N4O3.HI/c1-4-26-18(16-8-5-6-9-16)11-12-21-20(23-15-19(25)24(2)3)22-14-17-10-7-13-27-17;/h16-18H,4-15H2,1-3H3,(H2,21,22,23);1H. The number of nitrogens with one attached hydrogen (secondary N) is 2. The van der Waals surface area contributed by atoms with Gasteiger partial charge in [-0.25, -0.2) is 4.99 Å². The molecular weight excluding hydrogens is 471 g/mol. The van der Waals surface area contributed by atoms with Crippen molar-refractivity contribution in [2.75, 3.05) is 46.9 Å². The average Bonchev–Trinajstić information content (AvgIpc) is 3.36. The summed E-state index contributed by atoms with van der Waals surface area (Å²) in [5.41, 5.74) is 0. The molecule has 1 saturated carbocycles. The minimum Gasteiger partial charge on any atom is -0.378 e. The molecule has 2 rings (SSSR count). The van der Waals surface area contributed by atoms with Crippen LogP contribution in [0.1, 0.15) is 51.9 Å². The van der Waals surface area contributed by atoms with Gasteiger partial charge < -0.3 is 25.0 Å². The third kappa shape index (κ3) is 9.26. The molecular formula is C20H39IN4O3. The van der Waals surface area contributed by atoms with Crippen molar-refractivity contribution in [3.8, 4) is 0 Å². The highest BCUT2D eigenvalue weighted by atomic mass is 127. The molecule has 8 heteroatoms. The first kappa shape index (κ1) is 25.4. The van der Waals surface area contributed by atoms with E-state index < -0.39 is 0 Å². The van der Waals surface area contributed by atoms with Crippen molar-refractivity contribution < 1.29 is 14.3 Å². The zero-order valence-corrected chi connectivity index (χ0v) is 20.1. The van der Waals surface area contributed by atoms with Crippen molar-refractivity contribution in [3.05, 3.63) is 0 Å². The molecule has 2 fully saturated rings. The third-order valence-electron chi connectivity index (χ3n) is 5.42. The summed E-state index contributed by atoms with van der Waals surface area (Å²) in [5, 5.41) is 6.72. The van der Waals surface area contributed by atoms with E-state index in [4.69, 9.17) is 9.47 Å². The number of guanidine groups is 1. The minimum atomic E-state index is -0.00800. The van der Waals surface area contributed by atoms with E-state index in [0.717, 1.165) is 45.6 Å². The van der Waals surface area contributed by atoms with Crippen LogP contribution in [-0.4, -0.2) is 75.9 Å². The fraction of sp³-hybridized carbons (Fsp3) is 0.900. The van der Waals surface area contributed by atoms with Gasteiger partial charge in [-0.15, -0.1) is 24.0 Å². The zero-order valence-electron chi connectivity index (χ0n) is 17.7. The quantitative estimate of drug-likeness (QED) is 0.268. The fourth-order valence-electron chi connectivity index (χ4n) is 3.81. The maximum absolute atomic E-state index is 11.9. The summed E-state index contributed by atoms with van der Waals surface area (Å²) in [6.45, 7) is 5.32. The highest BCUT2D eigenvalue weighted by molar-refractivity contribution is 14.0. The van der Waals surface area contributed by atoms with Gasteiger partial charge in [0.05, 0.1) is 12.2 Å². The Morgan fingerprint density at radius 1 is 1.21 bits per heavy atom. The van der Waals surface area contributed by atoms with Crippen LogP contribution in [0.4, 0.5) is 0 Å². The second kappa shape index (κ2) is 14.4. The first-order valence-electron chi connectivity index (χ1n) is 10.6. The van der Waals surface area contributed by atoms with Crippen molar-refractivity contribution in [2.45, 2.75) is 64.1 Å². The second-order valence-electron chi connectivity index (χ2n) is 7.72. The number of rotatable bonds is 10. The van der Waals surface area contributed by atoms with Crippen LogP contribution in [0.15, 0.2) is 4.99 Å². The summed E-state index contributed by atoms with van der Waals surface area (Å²) < 4.78 is 11.7. The van der Waals surface area contributed by atoms with E-state index in [1.165, 1.54) is 25.7 Å². The van der Waals surface area contributed by atoms with Crippen molar-refractivity contribution >= 4 is 35.8 Å². The average molecular weight is 510 g/mol. The van der Waals surface area contributed by atoms with Gasteiger partial charge in [-0.2, -0.15) is 0 Å². The van der Waals surface area contributed by atoms with Gasteiger partial charge in [0.15, 0.2) is 5.96 Å². The van der Waals surface area contributed by atoms with E-state index in [1.54, 1.807) is 19.0 Å². The van der Waals surface area contributed by atoms with Gasteiger partial charge in [-0.3, -0.25) is 4.79 Å². The number of hydrogen-bond donors (Lipinski definition) is 2. The Morgan fingerprint density at radius 3 is 2.57 bits per heavy atom. The highest BCUT2D eigenvalue weighted by Gasteiger charge is 2.25. The van der Waals surface area contributed by atoms with Crippen LogP contribution in [0, 0.1) is 5.92 Å². The van der Waals surface area contributed by atoms with Crippen molar-refractivity contribution in [3.63, 3.8) is 0 Å². The predicted octanol–water partition coefficient (Wildman–Crippen LogP) is 2.39. The molecule has 2 atom stereocenters. The molecule has 1 amide bonds. The lowest BCUT2D eigenvalue weighted by molar-refractivity contribution is -0.127. The van der Waals surface area contributed by atoms with Crippen LogP contribution in [0.3, 0.4) is 0 Å². The van der Waals surface area contributed by atoms with Crippen LogP contribution < -0.4 is 10.6 Å². The number of halogens is 1. The second-order valence-corrected chi connectivity index (χ2v) is 7.72.